The zero-order valence-corrected chi connectivity index (χ0v) is 14.6. The molecule has 2 aromatic carbocycles. The van der Waals surface area contributed by atoms with Gasteiger partial charge in [-0.25, -0.2) is 4.79 Å². The number of nitrogens with one attached hydrogen (secondary N) is 1. The van der Waals surface area contributed by atoms with Gasteiger partial charge in [0.2, 0.25) is 5.91 Å². The van der Waals surface area contributed by atoms with Crippen LogP contribution in [0.1, 0.15) is 22.8 Å². The smallest absolute Gasteiger partial charge is 0.416 e. The Morgan fingerprint density at radius 3 is 2.42 bits per heavy atom. The van der Waals surface area contributed by atoms with Crippen molar-refractivity contribution in [1.82, 2.24) is 0 Å². The molecule has 2 rings (SSSR count). The van der Waals surface area contributed by atoms with Gasteiger partial charge in [-0.1, -0.05) is 6.07 Å². The molecule has 0 aliphatic heterocycles. The number of halogens is 3. The van der Waals surface area contributed by atoms with Crippen molar-refractivity contribution < 1.29 is 27.5 Å². The molecule has 26 heavy (non-hydrogen) atoms. The van der Waals surface area contributed by atoms with Crippen molar-refractivity contribution in [3.05, 3.63) is 59.7 Å². The van der Waals surface area contributed by atoms with Crippen LogP contribution in [0.2, 0.25) is 0 Å². The summed E-state index contributed by atoms with van der Waals surface area (Å²) in [7, 11) is 0. The lowest BCUT2D eigenvalue weighted by Crippen LogP contribution is -2.14. The molecule has 0 atom stereocenters. The zero-order valence-electron chi connectivity index (χ0n) is 13.8. The summed E-state index contributed by atoms with van der Waals surface area (Å²) >= 11 is 1.01. The van der Waals surface area contributed by atoms with E-state index >= 15 is 0 Å². The number of amides is 1. The Kier molecular flexibility index (Phi) is 6.68. The van der Waals surface area contributed by atoms with E-state index in [0.717, 1.165) is 23.9 Å². The fourth-order valence-electron chi connectivity index (χ4n) is 2.01. The number of rotatable bonds is 6. The first-order valence-corrected chi connectivity index (χ1v) is 8.65. The van der Waals surface area contributed by atoms with E-state index in [2.05, 4.69) is 5.32 Å². The number of hydrogen-bond acceptors (Lipinski definition) is 4. The van der Waals surface area contributed by atoms with Crippen LogP contribution in [0.3, 0.4) is 0 Å². The molecule has 8 heteroatoms. The van der Waals surface area contributed by atoms with Gasteiger partial charge in [0.25, 0.3) is 0 Å². The number of benzene rings is 2. The second kappa shape index (κ2) is 8.75. The molecule has 0 aliphatic rings. The van der Waals surface area contributed by atoms with Gasteiger partial charge in [-0.2, -0.15) is 13.2 Å². The predicted octanol–water partition coefficient (Wildman–Crippen LogP) is 4.61. The quantitative estimate of drug-likeness (QED) is 0.585. The molecule has 0 aromatic heterocycles. The van der Waals surface area contributed by atoms with E-state index in [1.807, 2.05) is 0 Å². The average Bonchev–Trinajstić information content (AvgIpc) is 2.60. The van der Waals surface area contributed by atoms with Crippen LogP contribution in [0.25, 0.3) is 0 Å². The van der Waals surface area contributed by atoms with Crippen LogP contribution < -0.4 is 5.32 Å². The fourth-order valence-corrected chi connectivity index (χ4v) is 2.77. The van der Waals surface area contributed by atoms with Gasteiger partial charge in [0.15, 0.2) is 0 Å². The van der Waals surface area contributed by atoms with Gasteiger partial charge in [0.1, 0.15) is 0 Å². The summed E-state index contributed by atoms with van der Waals surface area (Å²) in [6, 6.07) is 11.0. The summed E-state index contributed by atoms with van der Waals surface area (Å²) in [6.45, 7) is 1.97. The van der Waals surface area contributed by atoms with E-state index in [0.29, 0.717) is 16.1 Å². The second-order valence-corrected chi connectivity index (χ2v) is 6.21. The summed E-state index contributed by atoms with van der Waals surface area (Å²) in [5.74, 6) is -0.859. The van der Waals surface area contributed by atoms with Crippen LogP contribution in [0, 0.1) is 0 Å². The molecule has 2 aromatic rings. The highest BCUT2D eigenvalue weighted by Gasteiger charge is 2.30. The predicted molar refractivity (Wildman–Crippen MR) is 93.2 cm³/mol. The van der Waals surface area contributed by atoms with Crippen LogP contribution >= 0.6 is 11.8 Å². The number of carbonyl (C=O) groups is 2. The Morgan fingerprint density at radius 1 is 1.12 bits per heavy atom. The third kappa shape index (κ3) is 5.80. The summed E-state index contributed by atoms with van der Waals surface area (Å²) in [4.78, 5) is 23.8. The van der Waals surface area contributed by atoms with Gasteiger partial charge in [0, 0.05) is 10.6 Å². The topological polar surface area (TPSA) is 55.4 Å². The Morgan fingerprint density at radius 2 is 1.81 bits per heavy atom. The van der Waals surface area contributed by atoms with Crippen LogP contribution in [-0.4, -0.2) is 24.2 Å². The van der Waals surface area contributed by atoms with Crippen molar-refractivity contribution in [2.24, 2.45) is 0 Å². The van der Waals surface area contributed by atoms with Gasteiger partial charge in [-0.15, -0.1) is 11.8 Å². The van der Waals surface area contributed by atoms with E-state index in [4.69, 9.17) is 4.74 Å². The summed E-state index contributed by atoms with van der Waals surface area (Å²) < 4.78 is 42.9. The number of carbonyl (C=O) groups excluding carboxylic acids is 2. The first kappa shape index (κ1) is 19.8. The first-order chi connectivity index (χ1) is 12.3. The maximum atomic E-state index is 12.7. The van der Waals surface area contributed by atoms with Crippen LogP contribution in [0.15, 0.2) is 53.4 Å². The molecule has 0 aliphatic carbocycles. The Hall–Kier alpha value is -2.48. The molecule has 0 unspecified atom stereocenters. The summed E-state index contributed by atoms with van der Waals surface area (Å²) in [5, 5.41) is 2.62. The van der Waals surface area contributed by atoms with Gasteiger partial charge in [0.05, 0.1) is 23.5 Å². The number of esters is 1. The third-order valence-corrected chi connectivity index (χ3v) is 4.20. The average molecular weight is 383 g/mol. The molecule has 0 heterocycles. The lowest BCUT2D eigenvalue weighted by Gasteiger charge is -2.09. The molecule has 0 bridgehead atoms. The zero-order chi connectivity index (χ0) is 19.2. The number of anilines is 1. The molecule has 0 fully saturated rings. The number of thioether (sulfide) groups is 1. The standard InChI is InChI=1S/C18H16F3NO3S/c1-2-25-17(24)12-6-8-14(9-7-12)22-16(23)11-26-15-5-3-4-13(10-15)18(19,20)21/h3-10H,2,11H2,1H3,(H,22,23). The second-order valence-electron chi connectivity index (χ2n) is 5.16. The molecular formula is C18H16F3NO3S. The maximum Gasteiger partial charge on any atom is 0.416 e. The van der Waals surface area contributed by atoms with Crippen LogP contribution in [0.4, 0.5) is 18.9 Å². The fraction of sp³-hybridized carbons (Fsp3) is 0.222. The molecule has 1 amide bonds. The van der Waals surface area contributed by atoms with E-state index in [1.165, 1.54) is 24.3 Å². The number of ether oxygens (including phenoxy) is 1. The molecule has 0 spiro atoms. The van der Waals surface area contributed by atoms with Crippen molar-refractivity contribution in [3.8, 4) is 0 Å². The van der Waals surface area contributed by atoms with Crippen LogP contribution in [-0.2, 0) is 15.7 Å². The largest absolute Gasteiger partial charge is 0.462 e. The maximum absolute atomic E-state index is 12.7. The van der Waals surface area contributed by atoms with Gasteiger partial charge in [-0.3, -0.25) is 4.79 Å². The van der Waals surface area contributed by atoms with E-state index in [9.17, 15) is 22.8 Å². The summed E-state index contributed by atoms with van der Waals surface area (Å²) in [6.07, 6.45) is -4.42. The van der Waals surface area contributed by atoms with E-state index in [1.54, 1.807) is 19.1 Å². The minimum atomic E-state index is -4.42. The normalized spacial score (nSPS) is 11.1. The van der Waals surface area contributed by atoms with Crippen molar-refractivity contribution in [2.45, 2.75) is 18.0 Å². The Labute approximate surface area is 152 Å². The third-order valence-electron chi connectivity index (χ3n) is 3.21. The number of alkyl halides is 3. The van der Waals surface area contributed by atoms with E-state index in [-0.39, 0.29) is 18.3 Å². The Balaban J connectivity index is 1.90. The SMILES string of the molecule is CCOC(=O)c1ccc(NC(=O)CSc2cccc(C(F)(F)F)c2)cc1. The first-order valence-electron chi connectivity index (χ1n) is 7.66. The van der Waals surface area contributed by atoms with Crippen molar-refractivity contribution in [3.63, 3.8) is 0 Å². The lowest BCUT2D eigenvalue weighted by molar-refractivity contribution is -0.137. The molecule has 0 saturated carbocycles. The van der Waals surface area contributed by atoms with Gasteiger partial charge >= 0.3 is 12.1 Å². The molecule has 1 N–H and O–H groups in total. The molecule has 0 radical (unpaired) electrons. The van der Waals surface area contributed by atoms with Gasteiger partial charge < -0.3 is 10.1 Å². The van der Waals surface area contributed by atoms with Crippen molar-refractivity contribution in [1.29, 1.82) is 0 Å². The Bertz CT molecular complexity index is 776. The van der Waals surface area contributed by atoms with Crippen LogP contribution in [0.5, 0.6) is 0 Å². The molecule has 138 valence electrons. The lowest BCUT2D eigenvalue weighted by atomic mass is 10.2. The monoisotopic (exact) mass is 383 g/mol. The summed E-state index contributed by atoms with van der Waals surface area (Å²) in [5.41, 5.74) is 0.0911. The minimum absolute atomic E-state index is 0.0407. The minimum Gasteiger partial charge on any atom is -0.462 e. The van der Waals surface area contributed by atoms with Crippen molar-refractivity contribution >= 4 is 29.3 Å². The number of hydrogen-bond donors (Lipinski definition) is 1. The highest BCUT2D eigenvalue weighted by Crippen LogP contribution is 2.31. The highest BCUT2D eigenvalue weighted by molar-refractivity contribution is 8.00. The highest BCUT2D eigenvalue weighted by atomic mass is 32.2. The molecule has 4 nitrogen and oxygen atoms in total. The molecule has 0 saturated heterocycles. The van der Waals surface area contributed by atoms with Crippen molar-refractivity contribution in [2.75, 3.05) is 17.7 Å². The van der Waals surface area contributed by atoms with Gasteiger partial charge in [-0.05, 0) is 49.4 Å². The van der Waals surface area contributed by atoms with E-state index < -0.39 is 17.7 Å². The molecular weight excluding hydrogens is 367 g/mol.